The summed E-state index contributed by atoms with van der Waals surface area (Å²) in [6.45, 7) is 4.00. The van der Waals surface area contributed by atoms with Crippen LogP contribution in [0.15, 0.2) is 59.1 Å². The first kappa shape index (κ1) is 20.3. The van der Waals surface area contributed by atoms with Crippen molar-refractivity contribution in [1.82, 2.24) is 9.97 Å². The highest BCUT2D eigenvalue weighted by Crippen LogP contribution is 2.24. The van der Waals surface area contributed by atoms with Crippen LogP contribution in [0.25, 0.3) is 0 Å². The van der Waals surface area contributed by atoms with E-state index in [0.717, 1.165) is 46.4 Å². The van der Waals surface area contributed by atoms with Gasteiger partial charge in [-0.1, -0.05) is 12.1 Å². The molecular formula is C23H24BrN5O. The maximum atomic E-state index is 12.5. The van der Waals surface area contributed by atoms with E-state index < -0.39 is 0 Å². The average Bonchev–Trinajstić information content (AvgIpc) is 2.75. The van der Waals surface area contributed by atoms with Crippen molar-refractivity contribution in [2.45, 2.75) is 26.2 Å². The van der Waals surface area contributed by atoms with E-state index in [1.54, 1.807) is 6.07 Å². The number of amides is 1. The Bertz CT molecular complexity index is 1030. The molecular weight excluding hydrogens is 442 g/mol. The third-order valence-electron chi connectivity index (χ3n) is 5.04. The van der Waals surface area contributed by atoms with Crippen molar-refractivity contribution < 1.29 is 4.79 Å². The second-order valence-corrected chi connectivity index (χ2v) is 8.20. The predicted octanol–water partition coefficient (Wildman–Crippen LogP) is 5.53. The predicted molar refractivity (Wildman–Crippen MR) is 125 cm³/mol. The molecule has 0 radical (unpaired) electrons. The van der Waals surface area contributed by atoms with Crippen molar-refractivity contribution in [1.29, 1.82) is 0 Å². The van der Waals surface area contributed by atoms with Crippen LogP contribution < -0.4 is 15.5 Å². The Labute approximate surface area is 184 Å². The molecule has 0 spiro atoms. The molecule has 0 unspecified atom stereocenters. The fraction of sp³-hybridized carbons (Fsp3) is 0.261. The monoisotopic (exact) mass is 465 g/mol. The number of anilines is 4. The highest BCUT2D eigenvalue weighted by Gasteiger charge is 2.14. The zero-order valence-electron chi connectivity index (χ0n) is 16.9. The van der Waals surface area contributed by atoms with Crippen molar-refractivity contribution in [2.75, 3.05) is 28.6 Å². The number of aromatic nitrogens is 2. The number of rotatable bonds is 5. The molecule has 4 rings (SSSR count). The summed E-state index contributed by atoms with van der Waals surface area (Å²) in [5.41, 5.74) is 2.23. The van der Waals surface area contributed by atoms with Crippen LogP contribution in [0, 0.1) is 6.92 Å². The highest BCUT2D eigenvalue weighted by molar-refractivity contribution is 9.10. The molecule has 7 heteroatoms. The van der Waals surface area contributed by atoms with Crippen LogP contribution in [0.3, 0.4) is 0 Å². The number of carbonyl (C=O) groups is 1. The van der Waals surface area contributed by atoms with Gasteiger partial charge in [-0.3, -0.25) is 4.79 Å². The maximum Gasteiger partial charge on any atom is 0.256 e. The minimum absolute atomic E-state index is 0.152. The molecule has 0 aliphatic carbocycles. The van der Waals surface area contributed by atoms with Crippen molar-refractivity contribution in [3.63, 3.8) is 0 Å². The van der Waals surface area contributed by atoms with E-state index in [1.165, 1.54) is 19.3 Å². The van der Waals surface area contributed by atoms with Crippen molar-refractivity contribution >= 4 is 44.8 Å². The lowest BCUT2D eigenvalue weighted by Gasteiger charge is -2.28. The SMILES string of the molecule is Cc1nc(Nc2ccc(NC(=O)c3ccccc3Br)cc2)cc(N2CCCCC2)n1. The van der Waals surface area contributed by atoms with Crippen LogP contribution in [0.5, 0.6) is 0 Å². The van der Waals surface area contributed by atoms with Crippen LogP contribution in [0.2, 0.25) is 0 Å². The van der Waals surface area contributed by atoms with E-state index >= 15 is 0 Å². The topological polar surface area (TPSA) is 70.2 Å². The summed E-state index contributed by atoms with van der Waals surface area (Å²) in [6, 6.07) is 17.0. The molecule has 30 heavy (non-hydrogen) atoms. The fourth-order valence-electron chi connectivity index (χ4n) is 3.53. The summed E-state index contributed by atoms with van der Waals surface area (Å²) in [5.74, 6) is 2.34. The van der Waals surface area contributed by atoms with Gasteiger partial charge < -0.3 is 15.5 Å². The number of halogens is 1. The van der Waals surface area contributed by atoms with Crippen LogP contribution in [0.4, 0.5) is 23.0 Å². The minimum atomic E-state index is -0.152. The van der Waals surface area contributed by atoms with E-state index in [1.807, 2.05) is 55.5 Å². The lowest BCUT2D eigenvalue weighted by atomic mass is 10.1. The van der Waals surface area contributed by atoms with Gasteiger partial charge in [-0.15, -0.1) is 0 Å². The molecule has 2 N–H and O–H groups in total. The van der Waals surface area contributed by atoms with Gasteiger partial charge in [0, 0.05) is 35.0 Å². The number of aryl methyl sites for hydroxylation is 1. The lowest BCUT2D eigenvalue weighted by molar-refractivity contribution is 0.102. The molecule has 154 valence electrons. The molecule has 2 aromatic carbocycles. The molecule has 1 aromatic heterocycles. The van der Waals surface area contributed by atoms with Gasteiger partial charge in [-0.05, 0) is 78.5 Å². The largest absolute Gasteiger partial charge is 0.356 e. The van der Waals surface area contributed by atoms with Crippen molar-refractivity contribution in [2.24, 2.45) is 0 Å². The Morgan fingerprint density at radius 3 is 2.40 bits per heavy atom. The Morgan fingerprint density at radius 2 is 1.67 bits per heavy atom. The molecule has 6 nitrogen and oxygen atoms in total. The van der Waals surface area contributed by atoms with Gasteiger partial charge in [-0.2, -0.15) is 0 Å². The first-order valence-electron chi connectivity index (χ1n) is 10.1. The third kappa shape index (κ3) is 4.97. The van der Waals surface area contributed by atoms with Crippen LogP contribution in [0.1, 0.15) is 35.4 Å². The molecule has 1 amide bonds. The number of piperidine rings is 1. The second-order valence-electron chi connectivity index (χ2n) is 7.34. The van der Waals surface area contributed by atoms with Crippen LogP contribution in [-0.2, 0) is 0 Å². The first-order chi connectivity index (χ1) is 14.6. The standard InChI is InChI=1S/C23H24BrN5O/c1-16-25-21(15-22(26-16)29-13-5-2-6-14-29)27-17-9-11-18(12-10-17)28-23(30)19-7-3-4-8-20(19)24/h3-4,7-12,15H,2,5-6,13-14H2,1H3,(H,28,30)(H,25,26,27). The van der Waals surface area contributed by atoms with E-state index in [-0.39, 0.29) is 5.91 Å². The van der Waals surface area contributed by atoms with Crippen molar-refractivity contribution in [3.05, 3.63) is 70.5 Å². The number of hydrogen-bond acceptors (Lipinski definition) is 5. The zero-order valence-corrected chi connectivity index (χ0v) is 18.4. The normalized spacial score (nSPS) is 13.7. The molecule has 1 aliphatic heterocycles. The van der Waals surface area contributed by atoms with Crippen molar-refractivity contribution in [3.8, 4) is 0 Å². The molecule has 3 aromatic rings. The summed E-state index contributed by atoms with van der Waals surface area (Å²) >= 11 is 3.41. The highest BCUT2D eigenvalue weighted by atomic mass is 79.9. The van der Waals surface area contributed by atoms with Gasteiger partial charge in [0.2, 0.25) is 0 Å². The zero-order chi connectivity index (χ0) is 20.9. The van der Waals surface area contributed by atoms with E-state index in [2.05, 4.69) is 41.4 Å². The van der Waals surface area contributed by atoms with E-state index in [0.29, 0.717) is 5.56 Å². The molecule has 0 bridgehead atoms. The van der Waals surface area contributed by atoms with E-state index in [9.17, 15) is 4.79 Å². The van der Waals surface area contributed by atoms with Gasteiger partial charge in [0.15, 0.2) is 0 Å². The summed E-state index contributed by atoms with van der Waals surface area (Å²) in [7, 11) is 0. The molecule has 2 heterocycles. The number of hydrogen-bond donors (Lipinski definition) is 2. The second kappa shape index (κ2) is 9.26. The van der Waals surface area contributed by atoms with Gasteiger partial charge in [0.1, 0.15) is 17.5 Å². The Balaban J connectivity index is 1.44. The van der Waals surface area contributed by atoms with Gasteiger partial charge in [0.25, 0.3) is 5.91 Å². The van der Waals surface area contributed by atoms with E-state index in [4.69, 9.17) is 0 Å². The molecule has 1 aliphatic rings. The number of nitrogens with one attached hydrogen (secondary N) is 2. The Hall–Kier alpha value is -2.93. The van der Waals surface area contributed by atoms with Gasteiger partial charge in [-0.25, -0.2) is 9.97 Å². The minimum Gasteiger partial charge on any atom is -0.356 e. The first-order valence-corrected chi connectivity index (χ1v) is 10.9. The molecule has 1 fully saturated rings. The molecule has 0 atom stereocenters. The number of carbonyl (C=O) groups excluding carboxylic acids is 1. The maximum absolute atomic E-state index is 12.5. The lowest BCUT2D eigenvalue weighted by Crippen LogP contribution is -2.30. The average molecular weight is 466 g/mol. The number of nitrogens with zero attached hydrogens (tertiary/aromatic N) is 3. The fourth-order valence-corrected chi connectivity index (χ4v) is 3.99. The molecule has 1 saturated heterocycles. The van der Waals surface area contributed by atoms with Crippen LogP contribution >= 0.6 is 15.9 Å². The van der Waals surface area contributed by atoms with Gasteiger partial charge >= 0.3 is 0 Å². The summed E-state index contributed by atoms with van der Waals surface area (Å²) in [6.07, 6.45) is 3.70. The quantitative estimate of drug-likeness (QED) is 0.517. The summed E-state index contributed by atoms with van der Waals surface area (Å²) in [5, 5.41) is 6.27. The summed E-state index contributed by atoms with van der Waals surface area (Å²) in [4.78, 5) is 23.9. The molecule has 0 saturated carbocycles. The van der Waals surface area contributed by atoms with Gasteiger partial charge in [0.05, 0.1) is 5.56 Å². The van der Waals surface area contributed by atoms with Crippen LogP contribution in [-0.4, -0.2) is 29.0 Å². The third-order valence-corrected chi connectivity index (χ3v) is 5.73. The number of benzene rings is 2. The Morgan fingerprint density at radius 1 is 0.967 bits per heavy atom. The summed E-state index contributed by atoms with van der Waals surface area (Å²) < 4.78 is 0.768. The smallest absolute Gasteiger partial charge is 0.256 e. The Kier molecular flexibility index (Phi) is 6.28.